The molecular weight excluding hydrogens is 192 g/mol. The fourth-order valence-electron chi connectivity index (χ4n) is 1.35. The van der Waals surface area contributed by atoms with Crippen LogP contribution in [0.15, 0.2) is 0 Å². The average molecular weight is 216 g/mol. The van der Waals surface area contributed by atoms with Crippen molar-refractivity contribution in [2.75, 3.05) is 13.6 Å². The first-order valence-corrected chi connectivity index (χ1v) is 5.36. The summed E-state index contributed by atoms with van der Waals surface area (Å²) in [5.41, 5.74) is -0.777. The predicted molar refractivity (Wildman–Crippen MR) is 61.7 cm³/mol. The maximum Gasteiger partial charge on any atom is 0.237 e. The Hall–Kier alpha value is -0.610. The van der Waals surface area contributed by atoms with Crippen molar-refractivity contribution in [3.63, 3.8) is 0 Å². The molecule has 2 N–H and O–H groups in total. The van der Waals surface area contributed by atoms with E-state index < -0.39 is 5.60 Å². The summed E-state index contributed by atoms with van der Waals surface area (Å²) in [6.07, 6.45) is 0. The highest BCUT2D eigenvalue weighted by Gasteiger charge is 2.23. The van der Waals surface area contributed by atoms with Crippen LogP contribution in [0.4, 0.5) is 0 Å². The number of amides is 1. The van der Waals surface area contributed by atoms with Gasteiger partial charge in [-0.05, 0) is 41.7 Å². The third kappa shape index (κ3) is 6.47. The van der Waals surface area contributed by atoms with Crippen molar-refractivity contribution in [2.45, 2.75) is 52.3 Å². The monoisotopic (exact) mass is 216 g/mol. The second-order valence-electron chi connectivity index (χ2n) is 5.07. The molecule has 0 aromatic heterocycles. The van der Waals surface area contributed by atoms with E-state index in [-0.39, 0.29) is 18.0 Å². The second-order valence-corrected chi connectivity index (χ2v) is 5.07. The number of rotatable bonds is 5. The van der Waals surface area contributed by atoms with Crippen molar-refractivity contribution in [3.8, 4) is 0 Å². The van der Waals surface area contributed by atoms with E-state index in [0.717, 1.165) is 0 Å². The van der Waals surface area contributed by atoms with E-state index in [9.17, 15) is 9.90 Å². The van der Waals surface area contributed by atoms with Gasteiger partial charge < -0.3 is 10.4 Å². The fourth-order valence-corrected chi connectivity index (χ4v) is 1.35. The topological polar surface area (TPSA) is 52.6 Å². The van der Waals surface area contributed by atoms with Crippen LogP contribution in [-0.2, 0) is 4.79 Å². The second kappa shape index (κ2) is 5.47. The largest absolute Gasteiger partial charge is 0.389 e. The molecule has 4 nitrogen and oxygen atoms in total. The zero-order chi connectivity index (χ0) is 12.2. The molecule has 1 unspecified atom stereocenters. The molecule has 0 aromatic carbocycles. The molecule has 0 aromatic rings. The Morgan fingerprint density at radius 1 is 1.40 bits per heavy atom. The summed E-state index contributed by atoms with van der Waals surface area (Å²) in [5, 5.41) is 12.5. The van der Waals surface area contributed by atoms with Crippen molar-refractivity contribution in [1.29, 1.82) is 0 Å². The van der Waals surface area contributed by atoms with E-state index in [1.807, 2.05) is 32.7 Å². The first kappa shape index (κ1) is 14.4. The lowest BCUT2D eigenvalue weighted by Gasteiger charge is -2.30. The molecular formula is C11H24N2O2. The van der Waals surface area contributed by atoms with E-state index in [4.69, 9.17) is 0 Å². The van der Waals surface area contributed by atoms with Crippen LogP contribution >= 0.6 is 0 Å². The van der Waals surface area contributed by atoms with Gasteiger partial charge >= 0.3 is 0 Å². The summed E-state index contributed by atoms with van der Waals surface area (Å²) in [6.45, 7) is 9.64. The Bertz CT molecular complexity index is 209. The van der Waals surface area contributed by atoms with E-state index in [2.05, 4.69) is 5.32 Å². The number of nitrogens with one attached hydrogen (secondary N) is 1. The lowest BCUT2D eigenvalue weighted by molar-refractivity contribution is -0.126. The van der Waals surface area contributed by atoms with Gasteiger partial charge in [0.2, 0.25) is 5.91 Å². The molecule has 0 heterocycles. The maximum absolute atomic E-state index is 11.6. The summed E-state index contributed by atoms with van der Waals surface area (Å²) in [5.74, 6) is -0.00301. The number of nitrogens with zero attached hydrogens (tertiary/aromatic N) is 1. The van der Waals surface area contributed by atoms with Crippen LogP contribution in [0.5, 0.6) is 0 Å². The third-order valence-corrected chi connectivity index (χ3v) is 2.11. The summed E-state index contributed by atoms with van der Waals surface area (Å²) in [6, 6.07) is -0.0747. The molecule has 0 saturated heterocycles. The molecule has 0 aliphatic carbocycles. The van der Waals surface area contributed by atoms with Gasteiger partial charge in [-0.15, -0.1) is 0 Å². The molecule has 0 aliphatic rings. The van der Waals surface area contributed by atoms with Gasteiger partial charge in [-0.3, -0.25) is 9.69 Å². The highest BCUT2D eigenvalue weighted by atomic mass is 16.3. The molecule has 1 atom stereocenters. The molecule has 0 bridgehead atoms. The fraction of sp³-hybridized carbons (Fsp3) is 0.909. The van der Waals surface area contributed by atoms with Crippen LogP contribution < -0.4 is 5.32 Å². The van der Waals surface area contributed by atoms with E-state index in [0.29, 0.717) is 6.54 Å². The van der Waals surface area contributed by atoms with Crippen LogP contribution in [0.25, 0.3) is 0 Å². The standard InChI is InChI=1S/C11H24N2O2/c1-8(2)12-10(14)9(3)13(6)7-11(4,5)15/h8-9,15H,7H2,1-6H3,(H,12,14). The minimum atomic E-state index is -0.777. The lowest BCUT2D eigenvalue weighted by atomic mass is 10.1. The van der Waals surface area contributed by atoms with Crippen LogP contribution in [0.3, 0.4) is 0 Å². The van der Waals surface area contributed by atoms with Gasteiger partial charge in [0.25, 0.3) is 0 Å². The molecule has 0 aliphatic heterocycles. The minimum Gasteiger partial charge on any atom is -0.389 e. The molecule has 0 rings (SSSR count). The Balaban J connectivity index is 4.19. The van der Waals surface area contributed by atoms with Gasteiger partial charge in [0.15, 0.2) is 0 Å². The molecule has 0 radical (unpaired) electrons. The molecule has 0 spiro atoms. The van der Waals surface area contributed by atoms with Crippen LogP contribution in [0, 0.1) is 0 Å². The van der Waals surface area contributed by atoms with E-state index >= 15 is 0 Å². The summed E-state index contributed by atoms with van der Waals surface area (Å²) < 4.78 is 0. The zero-order valence-electron chi connectivity index (χ0n) is 10.7. The Labute approximate surface area is 92.7 Å². The summed E-state index contributed by atoms with van der Waals surface area (Å²) in [7, 11) is 1.84. The molecule has 15 heavy (non-hydrogen) atoms. The number of carbonyl (C=O) groups is 1. The summed E-state index contributed by atoms with van der Waals surface area (Å²) in [4.78, 5) is 13.5. The molecule has 1 amide bonds. The average Bonchev–Trinajstić information content (AvgIpc) is 1.98. The number of carbonyl (C=O) groups excluding carboxylic acids is 1. The van der Waals surface area contributed by atoms with E-state index in [1.165, 1.54) is 0 Å². The van der Waals surface area contributed by atoms with Crippen molar-refractivity contribution in [3.05, 3.63) is 0 Å². The molecule has 4 heteroatoms. The lowest BCUT2D eigenvalue weighted by Crippen LogP contribution is -2.49. The first-order chi connectivity index (χ1) is 6.63. The van der Waals surface area contributed by atoms with Crippen LogP contribution in [0.1, 0.15) is 34.6 Å². The highest BCUT2D eigenvalue weighted by Crippen LogP contribution is 2.06. The maximum atomic E-state index is 11.6. The van der Waals surface area contributed by atoms with Crippen molar-refractivity contribution in [2.24, 2.45) is 0 Å². The number of likely N-dealkylation sites (N-methyl/N-ethyl adjacent to an activating group) is 1. The van der Waals surface area contributed by atoms with Crippen molar-refractivity contribution in [1.82, 2.24) is 10.2 Å². The van der Waals surface area contributed by atoms with Gasteiger partial charge in [-0.25, -0.2) is 0 Å². The normalized spacial score (nSPS) is 14.5. The minimum absolute atomic E-state index is 0.00301. The van der Waals surface area contributed by atoms with Crippen molar-refractivity contribution >= 4 is 5.91 Å². The molecule has 90 valence electrons. The number of aliphatic hydroxyl groups is 1. The Morgan fingerprint density at radius 2 is 1.87 bits per heavy atom. The number of hydrogen-bond acceptors (Lipinski definition) is 3. The number of hydrogen-bond donors (Lipinski definition) is 2. The van der Waals surface area contributed by atoms with Crippen molar-refractivity contribution < 1.29 is 9.90 Å². The van der Waals surface area contributed by atoms with Gasteiger partial charge in [0, 0.05) is 12.6 Å². The van der Waals surface area contributed by atoms with Gasteiger partial charge in [-0.1, -0.05) is 0 Å². The zero-order valence-corrected chi connectivity index (χ0v) is 10.7. The van der Waals surface area contributed by atoms with Gasteiger partial charge in [0.1, 0.15) is 0 Å². The predicted octanol–water partition coefficient (Wildman–Crippen LogP) is 0.602. The smallest absolute Gasteiger partial charge is 0.237 e. The van der Waals surface area contributed by atoms with Gasteiger partial charge in [0.05, 0.1) is 11.6 Å². The molecule has 0 saturated carbocycles. The SMILES string of the molecule is CC(C)NC(=O)C(C)N(C)CC(C)(C)O. The third-order valence-electron chi connectivity index (χ3n) is 2.11. The van der Waals surface area contributed by atoms with Crippen LogP contribution in [-0.4, -0.2) is 47.2 Å². The van der Waals surface area contributed by atoms with Crippen LogP contribution in [0.2, 0.25) is 0 Å². The molecule has 0 fully saturated rings. The Kier molecular flexibility index (Phi) is 5.24. The quantitative estimate of drug-likeness (QED) is 0.707. The Morgan fingerprint density at radius 3 is 2.20 bits per heavy atom. The first-order valence-electron chi connectivity index (χ1n) is 5.36. The summed E-state index contributed by atoms with van der Waals surface area (Å²) >= 11 is 0. The highest BCUT2D eigenvalue weighted by molar-refractivity contribution is 5.81. The van der Waals surface area contributed by atoms with Gasteiger partial charge in [-0.2, -0.15) is 0 Å². The van der Waals surface area contributed by atoms with E-state index in [1.54, 1.807) is 13.8 Å².